The summed E-state index contributed by atoms with van der Waals surface area (Å²) in [5.74, 6) is -0.981. The third-order valence-electron chi connectivity index (χ3n) is 0.175. The summed E-state index contributed by atoms with van der Waals surface area (Å²) in [4.78, 5) is 9.25. The van der Waals surface area contributed by atoms with Gasteiger partial charge in [0.25, 0.3) is 0 Å². The van der Waals surface area contributed by atoms with E-state index in [0.717, 1.165) is 6.08 Å². The Kier molecular flexibility index (Phi) is 7.39. The molecule has 0 saturated carbocycles. The minimum absolute atomic E-state index is 0. The van der Waals surface area contributed by atoms with Crippen LogP contribution in [0.1, 0.15) is 0 Å². The average Bonchev–Trinajstić information content (AvgIpc) is 1.38. The summed E-state index contributed by atoms with van der Waals surface area (Å²) in [5, 5.41) is 7.60. The molecule has 2 nitrogen and oxygen atoms in total. The van der Waals surface area contributed by atoms with Gasteiger partial charge in [-0.3, -0.25) is 0 Å². The molecule has 0 aliphatic heterocycles. The van der Waals surface area contributed by atoms with Crippen LogP contribution in [0, 0.1) is 0 Å². The molecule has 0 heterocycles. The van der Waals surface area contributed by atoms with E-state index in [2.05, 4.69) is 6.58 Å². The maximum atomic E-state index is 9.25. The van der Waals surface area contributed by atoms with Crippen LogP contribution in [0.25, 0.3) is 0 Å². The van der Waals surface area contributed by atoms with Gasteiger partial charge in [0.15, 0.2) is 0 Å². The second kappa shape index (κ2) is 4.79. The minimum Gasteiger partial charge on any atom is -0.478 e. The second-order valence-corrected chi connectivity index (χ2v) is 0.542. The van der Waals surface area contributed by atoms with Crippen molar-refractivity contribution in [2.24, 2.45) is 0 Å². The Balaban J connectivity index is 0. The van der Waals surface area contributed by atoms with E-state index in [1.165, 1.54) is 0 Å². The van der Waals surface area contributed by atoms with Crippen LogP contribution in [0.15, 0.2) is 12.7 Å². The normalized spacial score (nSPS) is 5.33. The molecule has 0 spiro atoms. The summed E-state index contributed by atoms with van der Waals surface area (Å²) in [6.07, 6.45) is 0.833. The van der Waals surface area contributed by atoms with Crippen LogP contribution in [0.5, 0.6) is 0 Å². The zero-order valence-electron chi connectivity index (χ0n) is 3.09. The summed E-state index contributed by atoms with van der Waals surface area (Å²) in [5.41, 5.74) is 0. The molecule has 0 aromatic heterocycles. The molecule has 1 N–H and O–H groups in total. The van der Waals surface area contributed by atoms with Crippen LogP contribution >= 0.6 is 0 Å². The van der Waals surface area contributed by atoms with Crippen molar-refractivity contribution in [3.63, 3.8) is 0 Å². The first-order valence-electron chi connectivity index (χ1n) is 1.12. The third kappa shape index (κ3) is 9.20. The fourth-order valence-electron chi connectivity index (χ4n) is 0. The molecule has 6 heavy (non-hydrogen) atoms. The molecule has 0 saturated heterocycles. The van der Waals surface area contributed by atoms with Crippen molar-refractivity contribution in [2.45, 2.75) is 0 Å². The third-order valence-corrected chi connectivity index (χ3v) is 0.175. The van der Waals surface area contributed by atoms with Crippen molar-refractivity contribution >= 4 is 5.97 Å². The standard InChI is InChI=1S/C3H4O2.V/c1-2-3(4)5;/h2H,1H2,(H,4,5);. The first-order valence-corrected chi connectivity index (χ1v) is 1.12. The fraction of sp³-hybridized carbons (Fsp3) is 0. The molecule has 0 aliphatic carbocycles. The largest absolute Gasteiger partial charge is 0.478 e. The summed E-state index contributed by atoms with van der Waals surface area (Å²) >= 11 is 0. The van der Waals surface area contributed by atoms with Gasteiger partial charge in [0.05, 0.1) is 0 Å². The van der Waals surface area contributed by atoms with Crippen LogP contribution in [0.2, 0.25) is 0 Å². The van der Waals surface area contributed by atoms with Crippen molar-refractivity contribution in [2.75, 3.05) is 0 Å². The quantitative estimate of drug-likeness (QED) is 0.507. The van der Waals surface area contributed by atoms with E-state index in [4.69, 9.17) is 5.11 Å². The van der Waals surface area contributed by atoms with Gasteiger partial charge in [-0.25, -0.2) is 4.79 Å². The Morgan fingerprint density at radius 1 is 1.83 bits per heavy atom. The van der Waals surface area contributed by atoms with Crippen LogP contribution in [0.3, 0.4) is 0 Å². The van der Waals surface area contributed by atoms with Gasteiger partial charge in [-0.15, -0.1) is 0 Å². The van der Waals surface area contributed by atoms with Crippen LogP contribution < -0.4 is 0 Å². The number of carbonyl (C=O) groups is 1. The molecule has 0 aromatic carbocycles. The fourth-order valence-corrected chi connectivity index (χ4v) is 0. The molecular formula is C3H4O2V. The topological polar surface area (TPSA) is 37.3 Å². The van der Waals surface area contributed by atoms with Crippen molar-refractivity contribution in [3.8, 4) is 0 Å². The van der Waals surface area contributed by atoms with Crippen LogP contribution in [0.4, 0.5) is 0 Å². The predicted molar refractivity (Wildman–Crippen MR) is 17.8 cm³/mol. The van der Waals surface area contributed by atoms with E-state index in [1.807, 2.05) is 0 Å². The molecule has 0 bridgehead atoms. The summed E-state index contributed by atoms with van der Waals surface area (Å²) < 4.78 is 0. The van der Waals surface area contributed by atoms with Gasteiger partial charge in [-0.2, -0.15) is 0 Å². The van der Waals surface area contributed by atoms with E-state index in [-0.39, 0.29) is 18.6 Å². The average molecular weight is 123 g/mol. The Morgan fingerprint density at radius 3 is 2.00 bits per heavy atom. The zero-order valence-corrected chi connectivity index (χ0v) is 4.48. The first kappa shape index (κ1) is 9.25. The number of rotatable bonds is 1. The molecule has 33 valence electrons. The number of carboxylic acids is 1. The number of carboxylic acid groups (broad SMARTS) is 1. The van der Waals surface area contributed by atoms with E-state index >= 15 is 0 Å². The Labute approximate surface area is 47.7 Å². The molecule has 0 atom stereocenters. The van der Waals surface area contributed by atoms with Gasteiger partial charge in [0.1, 0.15) is 0 Å². The van der Waals surface area contributed by atoms with Gasteiger partial charge in [0.2, 0.25) is 0 Å². The monoisotopic (exact) mass is 123 g/mol. The van der Waals surface area contributed by atoms with Crippen LogP contribution in [-0.2, 0) is 23.4 Å². The first-order chi connectivity index (χ1) is 2.27. The Hall–Kier alpha value is -0.206. The molecule has 1 radical (unpaired) electrons. The van der Waals surface area contributed by atoms with Gasteiger partial charge < -0.3 is 5.11 Å². The Bertz CT molecular complexity index is 59.8. The number of hydrogen-bond acceptors (Lipinski definition) is 1. The van der Waals surface area contributed by atoms with Crippen LogP contribution in [-0.4, -0.2) is 11.1 Å². The van der Waals surface area contributed by atoms with Gasteiger partial charge in [-0.05, 0) is 0 Å². The van der Waals surface area contributed by atoms with Gasteiger partial charge in [-0.1, -0.05) is 6.58 Å². The predicted octanol–water partition coefficient (Wildman–Crippen LogP) is 0.254. The summed E-state index contributed by atoms with van der Waals surface area (Å²) in [7, 11) is 0. The maximum absolute atomic E-state index is 9.25. The molecule has 0 amide bonds. The van der Waals surface area contributed by atoms with Crippen molar-refractivity contribution in [1.82, 2.24) is 0 Å². The SMILES string of the molecule is C=CC(=O)O.[V]. The van der Waals surface area contributed by atoms with E-state index in [0.29, 0.717) is 0 Å². The minimum atomic E-state index is -0.981. The molecular weight excluding hydrogens is 119 g/mol. The summed E-state index contributed by atoms with van der Waals surface area (Å²) in [6.45, 7) is 2.96. The zero-order chi connectivity index (χ0) is 4.28. The smallest absolute Gasteiger partial charge is 0.327 e. The van der Waals surface area contributed by atoms with Gasteiger partial charge in [0, 0.05) is 24.6 Å². The molecule has 0 fully saturated rings. The van der Waals surface area contributed by atoms with E-state index < -0.39 is 5.97 Å². The molecule has 3 heteroatoms. The summed E-state index contributed by atoms with van der Waals surface area (Å²) in [6, 6.07) is 0. The molecule has 0 aromatic rings. The van der Waals surface area contributed by atoms with Crippen molar-refractivity contribution in [1.29, 1.82) is 0 Å². The molecule has 0 unspecified atom stereocenters. The number of hydrogen-bond donors (Lipinski definition) is 1. The molecule has 0 aliphatic rings. The van der Waals surface area contributed by atoms with Crippen molar-refractivity contribution in [3.05, 3.63) is 12.7 Å². The van der Waals surface area contributed by atoms with Crippen molar-refractivity contribution < 1.29 is 28.5 Å². The van der Waals surface area contributed by atoms with E-state index in [9.17, 15) is 4.79 Å². The molecule has 0 rings (SSSR count). The Morgan fingerprint density at radius 2 is 2.00 bits per heavy atom. The van der Waals surface area contributed by atoms with Gasteiger partial charge >= 0.3 is 5.97 Å². The van der Waals surface area contributed by atoms with E-state index in [1.54, 1.807) is 0 Å². The second-order valence-electron chi connectivity index (χ2n) is 0.542. The maximum Gasteiger partial charge on any atom is 0.327 e. The number of aliphatic carboxylic acids is 1.